The van der Waals surface area contributed by atoms with E-state index in [4.69, 9.17) is 28.9 Å². The Labute approximate surface area is 131 Å². The van der Waals surface area contributed by atoms with Crippen molar-refractivity contribution in [3.05, 3.63) is 52.0 Å². The number of halogens is 2. The molecule has 106 valence electrons. The Morgan fingerprint density at radius 3 is 2.62 bits per heavy atom. The zero-order valence-electron chi connectivity index (χ0n) is 11.1. The fourth-order valence-corrected chi connectivity index (χ4v) is 2.47. The van der Waals surface area contributed by atoms with Crippen LogP contribution in [0.3, 0.4) is 0 Å². The highest BCUT2D eigenvalue weighted by Gasteiger charge is 2.16. The molecule has 0 spiro atoms. The number of aromatic nitrogens is 4. The van der Waals surface area contributed by atoms with Gasteiger partial charge in [-0.15, -0.1) is 5.10 Å². The molecule has 3 rings (SSSR count). The van der Waals surface area contributed by atoms with E-state index in [0.717, 1.165) is 11.1 Å². The van der Waals surface area contributed by atoms with Gasteiger partial charge in [-0.3, -0.25) is 0 Å². The minimum atomic E-state index is 0.509. The van der Waals surface area contributed by atoms with E-state index < -0.39 is 0 Å². The summed E-state index contributed by atoms with van der Waals surface area (Å²) in [6.07, 6.45) is 0. The van der Waals surface area contributed by atoms with Crippen LogP contribution in [-0.4, -0.2) is 20.2 Å². The second-order valence-corrected chi connectivity index (χ2v) is 5.37. The van der Waals surface area contributed by atoms with Crippen molar-refractivity contribution in [1.29, 1.82) is 0 Å². The number of tetrazole rings is 1. The Kier molecular flexibility index (Phi) is 3.53. The predicted octanol–water partition coefficient (Wildman–Crippen LogP) is 3.53. The van der Waals surface area contributed by atoms with Gasteiger partial charge in [-0.05, 0) is 47.2 Å². The van der Waals surface area contributed by atoms with Gasteiger partial charge in [0, 0.05) is 16.3 Å². The molecule has 3 aromatic rings. The number of aryl methyl sites for hydroxylation is 1. The molecule has 7 heteroatoms. The van der Waals surface area contributed by atoms with E-state index in [1.807, 2.05) is 25.1 Å². The maximum Gasteiger partial charge on any atom is 0.189 e. The standard InChI is InChI=1S/C14H11Cl2N5/c1-8-6-11(16)13(7-10(8)15)21-14(18-19-20-21)9-4-2-3-5-12(9)17/h2-7H,17H2,1H3. The lowest BCUT2D eigenvalue weighted by Crippen LogP contribution is -2.03. The number of para-hydroxylation sites is 1. The van der Waals surface area contributed by atoms with Crippen molar-refractivity contribution < 1.29 is 0 Å². The van der Waals surface area contributed by atoms with Crippen molar-refractivity contribution in [2.75, 3.05) is 5.73 Å². The molecule has 0 saturated carbocycles. The smallest absolute Gasteiger partial charge is 0.189 e. The second kappa shape index (κ2) is 5.35. The summed E-state index contributed by atoms with van der Waals surface area (Å²) >= 11 is 12.5. The molecule has 2 N–H and O–H groups in total. The molecule has 0 aliphatic carbocycles. The summed E-state index contributed by atoms with van der Waals surface area (Å²) in [7, 11) is 0. The highest BCUT2D eigenvalue weighted by molar-refractivity contribution is 6.35. The van der Waals surface area contributed by atoms with Crippen molar-refractivity contribution in [1.82, 2.24) is 20.2 Å². The lowest BCUT2D eigenvalue weighted by atomic mass is 10.1. The van der Waals surface area contributed by atoms with Crippen molar-refractivity contribution in [3.63, 3.8) is 0 Å². The highest BCUT2D eigenvalue weighted by atomic mass is 35.5. The third-order valence-corrected chi connectivity index (χ3v) is 3.84. The Bertz CT molecular complexity index is 813. The van der Waals surface area contributed by atoms with Gasteiger partial charge in [0.25, 0.3) is 0 Å². The number of rotatable bonds is 2. The molecule has 0 aliphatic heterocycles. The molecule has 5 nitrogen and oxygen atoms in total. The fraction of sp³-hybridized carbons (Fsp3) is 0.0714. The summed E-state index contributed by atoms with van der Waals surface area (Å²) in [5.41, 5.74) is 8.80. The predicted molar refractivity (Wildman–Crippen MR) is 83.8 cm³/mol. The molecule has 0 bridgehead atoms. The summed E-state index contributed by atoms with van der Waals surface area (Å²) in [4.78, 5) is 0. The van der Waals surface area contributed by atoms with Gasteiger partial charge in [0.1, 0.15) is 0 Å². The lowest BCUT2D eigenvalue weighted by molar-refractivity contribution is 0.791. The number of benzene rings is 2. The first-order valence-electron chi connectivity index (χ1n) is 6.17. The van der Waals surface area contributed by atoms with E-state index in [1.54, 1.807) is 18.2 Å². The van der Waals surface area contributed by atoms with E-state index in [1.165, 1.54) is 4.68 Å². The largest absolute Gasteiger partial charge is 0.398 e. The minimum absolute atomic E-state index is 0.509. The van der Waals surface area contributed by atoms with E-state index in [-0.39, 0.29) is 0 Å². The van der Waals surface area contributed by atoms with Crippen LogP contribution in [0.5, 0.6) is 0 Å². The first-order chi connectivity index (χ1) is 10.1. The minimum Gasteiger partial charge on any atom is -0.398 e. The van der Waals surface area contributed by atoms with Crippen LogP contribution in [-0.2, 0) is 0 Å². The molecule has 0 radical (unpaired) electrons. The van der Waals surface area contributed by atoms with Gasteiger partial charge in [0.15, 0.2) is 5.82 Å². The maximum atomic E-state index is 6.29. The zero-order chi connectivity index (χ0) is 15.0. The van der Waals surface area contributed by atoms with Crippen LogP contribution in [0.25, 0.3) is 17.1 Å². The molecular formula is C14H11Cl2N5. The van der Waals surface area contributed by atoms with Gasteiger partial charge in [-0.1, -0.05) is 35.3 Å². The molecule has 21 heavy (non-hydrogen) atoms. The summed E-state index contributed by atoms with van der Waals surface area (Å²) in [6.45, 7) is 1.88. The number of nitrogens with two attached hydrogens (primary N) is 1. The molecule has 0 unspecified atom stereocenters. The number of anilines is 1. The normalized spacial score (nSPS) is 10.8. The first-order valence-corrected chi connectivity index (χ1v) is 6.93. The molecule has 1 heterocycles. The topological polar surface area (TPSA) is 69.6 Å². The number of hydrogen-bond acceptors (Lipinski definition) is 4. The average Bonchev–Trinajstić information content (AvgIpc) is 2.92. The Hall–Kier alpha value is -2.11. The van der Waals surface area contributed by atoms with E-state index >= 15 is 0 Å². The Morgan fingerprint density at radius 1 is 1.10 bits per heavy atom. The van der Waals surface area contributed by atoms with Gasteiger partial charge in [-0.25, -0.2) is 0 Å². The quantitative estimate of drug-likeness (QED) is 0.733. The van der Waals surface area contributed by atoms with Crippen LogP contribution in [0.15, 0.2) is 36.4 Å². The van der Waals surface area contributed by atoms with Gasteiger partial charge >= 0.3 is 0 Å². The SMILES string of the molecule is Cc1cc(Cl)c(-n2nnnc2-c2ccccc2N)cc1Cl. The van der Waals surface area contributed by atoms with Crippen LogP contribution in [0, 0.1) is 6.92 Å². The average molecular weight is 320 g/mol. The fourth-order valence-electron chi connectivity index (χ4n) is 2.02. The number of nitrogen functional groups attached to an aromatic ring is 1. The molecule has 0 saturated heterocycles. The van der Waals surface area contributed by atoms with Crippen molar-refractivity contribution in [3.8, 4) is 17.1 Å². The third-order valence-electron chi connectivity index (χ3n) is 3.13. The van der Waals surface area contributed by atoms with Crippen LogP contribution in [0.2, 0.25) is 10.0 Å². The third kappa shape index (κ3) is 2.46. The molecule has 0 aliphatic rings. The molecule has 2 aromatic carbocycles. The number of hydrogen-bond donors (Lipinski definition) is 1. The van der Waals surface area contributed by atoms with Gasteiger partial charge in [-0.2, -0.15) is 4.68 Å². The van der Waals surface area contributed by atoms with Crippen molar-refractivity contribution >= 4 is 28.9 Å². The van der Waals surface area contributed by atoms with Crippen LogP contribution in [0.4, 0.5) is 5.69 Å². The van der Waals surface area contributed by atoms with Crippen molar-refractivity contribution in [2.24, 2.45) is 0 Å². The second-order valence-electron chi connectivity index (χ2n) is 4.55. The van der Waals surface area contributed by atoms with Crippen LogP contribution in [0.1, 0.15) is 5.56 Å². The number of nitrogens with zero attached hydrogens (tertiary/aromatic N) is 4. The summed E-state index contributed by atoms with van der Waals surface area (Å²) in [5.74, 6) is 0.509. The first kappa shape index (κ1) is 13.9. The van der Waals surface area contributed by atoms with Crippen LogP contribution < -0.4 is 5.73 Å². The Balaban J connectivity index is 2.21. The highest BCUT2D eigenvalue weighted by Crippen LogP contribution is 2.31. The summed E-state index contributed by atoms with van der Waals surface area (Å²) < 4.78 is 1.53. The van der Waals surface area contributed by atoms with E-state index in [0.29, 0.717) is 27.2 Å². The van der Waals surface area contributed by atoms with E-state index in [9.17, 15) is 0 Å². The summed E-state index contributed by atoms with van der Waals surface area (Å²) in [5, 5.41) is 12.9. The lowest BCUT2D eigenvalue weighted by Gasteiger charge is -2.10. The molecule has 0 fully saturated rings. The monoisotopic (exact) mass is 319 g/mol. The molecule has 0 atom stereocenters. The van der Waals surface area contributed by atoms with Crippen LogP contribution >= 0.6 is 23.2 Å². The summed E-state index contributed by atoms with van der Waals surface area (Å²) in [6, 6.07) is 10.9. The van der Waals surface area contributed by atoms with Gasteiger partial charge in [0.05, 0.1) is 10.7 Å². The Morgan fingerprint density at radius 2 is 1.86 bits per heavy atom. The molecule has 0 amide bonds. The molecule has 1 aromatic heterocycles. The molecular weight excluding hydrogens is 309 g/mol. The van der Waals surface area contributed by atoms with Gasteiger partial charge in [0.2, 0.25) is 0 Å². The maximum absolute atomic E-state index is 6.29. The van der Waals surface area contributed by atoms with Gasteiger partial charge < -0.3 is 5.73 Å². The zero-order valence-corrected chi connectivity index (χ0v) is 12.6. The van der Waals surface area contributed by atoms with Crippen molar-refractivity contribution in [2.45, 2.75) is 6.92 Å². The van der Waals surface area contributed by atoms with E-state index in [2.05, 4.69) is 15.5 Å².